The van der Waals surface area contributed by atoms with E-state index in [2.05, 4.69) is 21.2 Å². The van der Waals surface area contributed by atoms with Crippen molar-refractivity contribution in [1.29, 1.82) is 0 Å². The Morgan fingerprint density at radius 3 is 2.63 bits per heavy atom. The molecule has 0 heterocycles. The van der Waals surface area contributed by atoms with Crippen LogP contribution in [0.25, 0.3) is 0 Å². The lowest BCUT2D eigenvalue weighted by Gasteiger charge is -2.07. The van der Waals surface area contributed by atoms with Crippen molar-refractivity contribution in [1.82, 2.24) is 0 Å². The minimum Gasteiger partial charge on any atom is -0.319 e. The first kappa shape index (κ1) is 14.0. The van der Waals surface area contributed by atoms with Gasteiger partial charge in [0.1, 0.15) is 5.82 Å². The molecule has 1 amide bonds. The predicted molar refractivity (Wildman–Crippen MR) is 78.2 cm³/mol. The second kappa shape index (κ2) is 5.72. The molecule has 0 aliphatic carbocycles. The number of benzene rings is 2. The number of hydrogen-bond donors (Lipinski definition) is 1. The number of halogens is 3. The zero-order chi connectivity index (χ0) is 14.0. The SMILES string of the molecule is Cc1ccc(C(=O)Nc2ccc(Br)cc2F)cc1Cl. The highest BCUT2D eigenvalue weighted by Gasteiger charge is 2.10. The summed E-state index contributed by atoms with van der Waals surface area (Å²) in [5, 5.41) is 3.01. The van der Waals surface area contributed by atoms with E-state index in [9.17, 15) is 9.18 Å². The largest absolute Gasteiger partial charge is 0.319 e. The van der Waals surface area contributed by atoms with Crippen molar-refractivity contribution >= 4 is 39.1 Å². The molecule has 0 aliphatic heterocycles. The lowest BCUT2D eigenvalue weighted by atomic mass is 10.1. The Morgan fingerprint density at radius 1 is 1.26 bits per heavy atom. The van der Waals surface area contributed by atoms with E-state index in [4.69, 9.17) is 11.6 Å². The summed E-state index contributed by atoms with van der Waals surface area (Å²) in [6.07, 6.45) is 0. The fourth-order valence-electron chi connectivity index (χ4n) is 1.52. The van der Waals surface area contributed by atoms with E-state index in [-0.39, 0.29) is 5.69 Å². The quantitative estimate of drug-likeness (QED) is 0.834. The van der Waals surface area contributed by atoms with E-state index in [1.54, 1.807) is 24.3 Å². The molecule has 98 valence electrons. The van der Waals surface area contributed by atoms with E-state index in [1.807, 2.05) is 6.92 Å². The molecule has 0 bridgehead atoms. The number of aryl methyl sites for hydroxylation is 1. The zero-order valence-corrected chi connectivity index (χ0v) is 12.3. The first-order valence-corrected chi connectivity index (χ1v) is 6.67. The summed E-state index contributed by atoms with van der Waals surface area (Å²) >= 11 is 9.11. The summed E-state index contributed by atoms with van der Waals surface area (Å²) in [5.41, 5.74) is 1.40. The van der Waals surface area contributed by atoms with Crippen molar-refractivity contribution < 1.29 is 9.18 Å². The van der Waals surface area contributed by atoms with Gasteiger partial charge in [-0.1, -0.05) is 33.6 Å². The second-order valence-corrected chi connectivity index (χ2v) is 5.37. The number of rotatable bonds is 2. The van der Waals surface area contributed by atoms with Gasteiger partial charge in [0.05, 0.1) is 5.69 Å². The van der Waals surface area contributed by atoms with E-state index < -0.39 is 11.7 Å². The van der Waals surface area contributed by atoms with Crippen LogP contribution in [-0.2, 0) is 0 Å². The van der Waals surface area contributed by atoms with Crippen molar-refractivity contribution in [2.75, 3.05) is 5.32 Å². The van der Waals surface area contributed by atoms with Gasteiger partial charge in [-0.2, -0.15) is 0 Å². The van der Waals surface area contributed by atoms with Crippen LogP contribution in [0.4, 0.5) is 10.1 Å². The minimum absolute atomic E-state index is 0.130. The molecule has 2 nitrogen and oxygen atoms in total. The second-order valence-electron chi connectivity index (χ2n) is 4.04. The van der Waals surface area contributed by atoms with Crippen molar-refractivity contribution in [3.05, 3.63) is 62.8 Å². The molecule has 0 aliphatic rings. The van der Waals surface area contributed by atoms with Crippen LogP contribution >= 0.6 is 27.5 Å². The average Bonchev–Trinajstić information content (AvgIpc) is 2.36. The summed E-state index contributed by atoms with van der Waals surface area (Å²) < 4.78 is 14.2. The first-order valence-electron chi connectivity index (χ1n) is 5.50. The van der Waals surface area contributed by atoms with Crippen LogP contribution < -0.4 is 5.32 Å². The summed E-state index contributed by atoms with van der Waals surface area (Å²) in [6, 6.07) is 9.39. The topological polar surface area (TPSA) is 29.1 Å². The molecule has 0 atom stereocenters. The molecule has 19 heavy (non-hydrogen) atoms. The number of nitrogens with one attached hydrogen (secondary N) is 1. The summed E-state index contributed by atoms with van der Waals surface area (Å²) in [6.45, 7) is 1.85. The molecule has 1 N–H and O–H groups in total. The summed E-state index contributed by atoms with van der Waals surface area (Å²) in [4.78, 5) is 12.0. The van der Waals surface area contributed by atoms with E-state index >= 15 is 0 Å². The van der Waals surface area contributed by atoms with E-state index in [0.717, 1.165) is 5.56 Å². The minimum atomic E-state index is -0.499. The van der Waals surface area contributed by atoms with Crippen LogP contribution in [0.2, 0.25) is 5.02 Å². The Kier molecular flexibility index (Phi) is 4.22. The molecule has 0 aromatic heterocycles. The predicted octanol–water partition coefficient (Wildman–Crippen LogP) is 4.80. The molecule has 2 rings (SSSR count). The van der Waals surface area contributed by atoms with Gasteiger partial charge in [0.2, 0.25) is 0 Å². The molecule has 0 radical (unpaired) electrons. The van der Waals surface area contributed by atoms with Crippen LogP contribution in [-0.4, -0.2) is 5.91 Å². The number of carbonyl (C=O) groups excluding carboxylic acids is 1. The number of carbonyl (C=O) groups is 1. The Bertz CT molecular complexity index is 645. The van der Waals surface area contributed by atoms with Crippen molar-refractivity contribution in [2.24, 2.45) is 0 Å². The molecule has 5 heteroatoms. The van der Waals surface area contributed by atoms with Gasteiger partial charge >= 0.3 is 0 Å². The van der Waals surface area contributed by atoms with E-state index in [0.29, 0.717) is 15.1 Å². The average molecular weight is 343 g/mol. The van der Waals surface area contributed by atoms with E-state index in [1.165, 1.54) is 12.1 Å². The van der Waals surface area contributed by atoms with Gasteiger partial charge in [0.25, 0.3) is 5.91 Å². The maximum atomic E-state index is 13.6. The highest BCUT2D eigenvalue weighted by atomic mass is 79.9. The number of anilines is 1. The summed E-state index contributed by atoms with van der Waals surface area (Å²) in [7, 11) is 0. The molecular formula is C14H10BrClFNO. The smallest absolute Gasteiger partial charge is 0.255 e. The first-order chi connectivity index (χ1) is 8.97. The lowest BCUT2D eigenvalue weighted by Crippen LogP contribution is -2.13. The number of hydrogen-bond acceptors (Lipinski definition) is 1. The molecule has 2 aromatic rings. The molecular weight excluding hydrogens is 333 g/mol. The zero-order valence-electron chi connectivity index (χ0n) is 10.0. The van der Waals surface area contributed by atoms with Crippen LogP contribution in [0.5, 0.6) is 0 Å². The Balaban J connectivity index is 2.23. The highest BCUT2D eigenvalue weighted by Crippen LogP contribution is 2.21. The van der Waals surface area contributed by atoms with Crippen molar-refractivity contribution in [3.63, 3.8) is 0 Å². The van der Waals surface area contributed by atoms with Gasteiger partial charge in [-0.15, -0.1) is 0 Å². The maximum Gasteiger partial charge on any atom is 0.255 e. The molecule has 0 saturated heterocycles. The van der Waals surface area contributed by atoms with Gasteiger partial charge in [-0.3, -0.25) is 4.79 Å². The molecule has 0 spiro atoms. The molecule has 0 unspecified atom stereocenters. The third-order valence-electron chi connectivity index (χ3n) is 2.61. The third kappa shape index (κ3) is 3.33. The molecule has 2 aromatic carbocycles. The molecule has 0 fully saturated rings. The van der Waals surface area contributed by atoms with Gasteiger partial charge in [0.15, 0.2) is 0 Å². The summed E-state index contributed by atoms with van der Waals surface area (Å²) in [5.74, 6) is -0.899. The van der Waals surface area contributed by atoms with Crippen LogP contribution in [0.1, 0.15) is 15.9 Å². The van der Waals surface area contributed by atoms with Crippen LogP contribution in [0.15, 0.2) is 40.9 Å². The Labute approximate surface area is 123 Å². The normalized spacial score (nSPS) is 10.3. The van der Waals surface area contributed by atoms with Crippen molar-refractivity contribution in [3.8, 4) is 0 Å². The Hall–Kier alpha value is -1.39. The van der Waals surface area contributed by atoms with Gasteiger partial charge in [0, 0.05) is 15.1 Å². The third-order valence-corrected chi connectivity index (χ3v) is 3.51. The monoisotopic (exact) mass is 341 g/mol. The van der Waals surface area contributed by atoms with Gasteiger partial charge < -0.3 is 5.32 Å². The standard InChI is InChI=1S/C14H10BrClFNO/c1-8-2-3-9(6-11(8)16)14(19)18-13-5-4-10(15)7-12(13)17/h2-7H,1H3,(H,18,19). The van der Waals surface area contributed by atoms with Crippen LogP contribution in [0, 0.1) is 12.7 Å². The molecule has 0 saturated carbocycles. The number of amides is 1. The Morgan fingerprint density at radius 2 is 2.00 bits per heavy atom. The van der Waals surface area contributed by atoms with Crippen molar-refractivity contribution in [2.45, 2.75) is 6.92 Å². The van der Waals surface area contributed by atoms with Crippen LogP contribution in [0.3, 0.4) is 0 Å². The highest BCUT2D eigenvalue weighted by molar-refractivity contribution is 9.10. The lowest BCUT2D eigenvalue weighted by molar-refractivity contribution is 0.102. The fraction of sp³-hybridized carbons (Fsp3) is 0.0714. The van der Waals surface area contributed by atoms with Gasteiger partial charge in [-0.05, 0) is 42.8 Å². The van der Waals surface area contributed by atoms with Gasteiger partial charge in [-0.25, -0.2) is 4.39 Å². The maximum absolute atomic E-state index is 13.6. The fourth-order valence-corrected chi connectivity index (χ4v) is 2.03.